The first-order chi connectivity index (χ1) is 12.9. The molecule has 0 saturated carbocycles. The van der Waals surface area contributed by atoms with Gasteiger partial charge in [-0.2, -0.15) is 0 Å². The lowest BCUT2D eigenvalue weighted by molar-refractivity contribution is -0.139. The second-order valence-electron chi connectivity index (χ2n) is 5.99. The van der Waals surface area contributed by atoms with Crippen LogP contribution < -0.4 is 5.32 Å². The molecule has 1 unspecified atom stereocenters. The molecule has 0 radical (unpaired) electrons. The van der Waals surface area contributed by atoms with Crippen LogP contribution in [0.2, 0.25) is 5.02 Å². The Morgan fingerprint density at radius 1 is 1.15 bits per heavy atom. The number of nitrogens with one attached hydrogen (secondary N) is 1. The number of nitrogens with zero attached hydrogens (tertiary/aromatic N) is 1. The minimum Gasteiger partial charge on any atom is -0.480 e. The number of hydrogen-bond acceptors (Lipinski definition) is 4. The molecule has 2 aromatic carbocycles. The Hall–Kier alpha value is -2.70. The van der Waals surface area contributed by atoms with Gasteiger partial charge in [-0.05, 0) is 24.6 Å². The smallest absolute Gasteiger partial charge is 0.326 e. The van der Waals surface area contributed by atoms with Crippen LogP contribution in [0.3, 0.4) is 0 Å². The molecule has 3 rings (SSSR count). The minimum absolute atomic E-state index is 0.212. The fraction of sp³-hybridized carbons (Fsp3) is 0.150. The summed E-state index contributed by atoms with van der Waals surface area (Å²) in [6.45, 7) is 1.73. The molecule has 0 fully saturated rings. The Kier molecular flexibility index (Phi) is 5.88. The van der Waals surface area contributed by atoms with E-state index in [1.807, 2.05) is 42.5 Å². The maximum absolute atomic E-state index is 12.6. The van der Waals surface area contributed by atoms with Gasteiger partial charge >= 0.3 is 5.97 Å². The first-order valence-electron chi connectivity index (χ1n) is 8.25. The lowest BCUT2D eigenvalue weighted by Gasteiger charge is -2.14. The Morgan fingerprint density at radius 2 is 1.81 bits per heavy atom. The largest absolute Gasteiger partial charge is 0.480 e. The number of thiazole rings is 1. The van der Waals surface area contributed by atoms with Crippen LogP contribution >= 0.6 is 22.9 Å². The quantitative estimate of drug-likeness (QED) is 0.650. The van der Waals surface area contributed by atoms with Crippen molar-refractivity contribution in [1.82, 2.24) is 10.3 Å². The van der Waals surface area contributed by atoms with Gasteiger partial charge in [0.1, 0.15) is 15.9 Å². The second-order valence-corrected chi connectivity index (χ2v) is 7.43. The number of hydrogen-bond donors (Lipinski definition) is 2. The monoisotopic (exact) mass is 400 g/mol. The lowest BCUT2D eigenvalue weighted by atomic mass is 10.1. The van der Waals surface area contributed by atoms with Crippen molar-refractivity contribution < 1.29 is 14.7 Å². The van der Waals surface area contributed by atoms with E-state index in [1.54, 1.807) is 19.1 Å². The molecule has 1 atom stereocenters. The number of aromatic nitrogens is 1. The third-order valence-electron chi connectivity index (χ3n) is 3.98. The molecule has 1 aromatic heterocycles. The van der Waals surface area contributed by atoms with E-state index in [4.69, 9.17) is 11.6 Å². The topological polar surface area (TPSA) is 79.3 Å². The van der Waals surface area contributed by atoms with Crippen LogP contribution in [0.15, 0.2) is 54.6 Å². The van der Waals surface area contributed by atoms with Gasteiger partial charge in [-0.3, -0.25) is 4.79 Å². The van der Waals surface area contributed by atoms with Crippen molar-refractivity contribution in [2.24, 2.45) is 0 Å². The lowest BCUT2D eigenvalue weighted by Crippen LogP contribution is -2.42. The number of carboxylic acids is 1. The van der Waals surface area contributed by atoms with Crippen molar-refractivity contribution >= 4 is 34.8 Å². The van der Waals surface area contributed by atoms with Gasteiger partial charge in [-0.15, -0.1) is 11.3 Å². The summed E-state index contributed by atoms with van der Waals surface area (Å²) < 4.78 is 0. The molecular formula is C20H17ClN2O3S. The van der Waals surface area contributed by atoms with Gasteiger partial charge < -0.3 is 10.4 Å². The molecule has 0 aliphatic carbocycles. The van der Waals surface area contributed by atoms with E-state index < -0.39 is 17.9 Å². The molecule has 7 heteroatoms. The molecule has 1 heterocycles. The minimum atomic E-state index is -1.08. The van der Waals surface area contributed by atoms with E-state index in [0.29, 0.717) is 20.6 Å². The molecule has 0 saturated heterocycles. The van der Waals surface area contributed by atoms with Crippen molar-refractivity contribution in [2.75, 3.05) is 0 Å². The predicted octanol–water partition coefficient (Wildman–Crippen LogP) is 4.20. The highest BCUT2D eigenvalue weighted by Gasteiger charge is 2.24. The number of amides is 1. The van der Waals surface area contributed by atoms with Crippen LogP contribution in [0, 0.1) is 6.92 Å². The number of aryl methyl sites for hydroxylation is 1. The molecule has 2 N–H and O–H groups in total. The summed E-state index contributed by atoms with van der Waals surface area (Å²) in [4.78, 5) is 29.1. The first-order valence-corrected chi connectivity index (χ1v) is 9.44. The Labute approximate surface area is 165 Å². The van der Waals surface area contributed by atoms with Gasteiger partial charge in [-0.25, -0.2) is 9.78 Å². The molecule has 0 spiro atoms. The third-order valence-corrected chi connectivity index (χ3v) is 5.44. The second kappa shape index (κ2) is 8.33. The predicted molar refractivity (Wildman–Crippen MR) is 106 cm³/mol. The fourth-order valence-electron chi connectivity index (χ4n) is 2.60. The van der Waals surface area contributed by atoms with Crippen molar-refractivity contribution in [2.45, 2.75) is 19.4 Å². The van der Waals surface area contributed by atoms with Gasteiger partial charge in [0.05, 0.1) is 5.69 Å². The summed E-state index contributed by atoms with van der Waals surface area (Å²) in [5.74, 6) is -1.51. The molecule has 3 aromatic rings. The van der Waals surface area contributed by atoms with Gasteiger partial charge in [0, 0.05) is 17.0 Å². The molecule has 0 aliphatic heterocycles. The van der Waals surface area contributed by atoms with Crippen LogP contribution in [0.4, 0.5) is 0 Å². The molecular weight excluding hydrogens is 384 g/mol. The summed E-state index contributed by atoms with van der Waals surface area (Å²) in [5.41, 5.74) is 2.25. The zero-order chi connectivity index (χ0) is 19.4. The highest BCUT2D eigenvalue weighted by molar-refractivity contribution is 7.17. The normalized spacial score (nSPS) is 11.8. The summed E-state index contributed by atoms with van der Waals surface area (Å²) in [6.07, 6.45) is 0.212. The zero-order valence-corrected chi connectivity index (χ0v) is 16.1. The third kappa shape index (κ3) is 4.72. The van der Waals surface area contributed by atoms with Crippen LogP contribution in [0.5, 0.6) is 0 Å². The van der Waals surface area contributed by atoms with E-state index in [9.17, 15) is 14.7 Å². The molecule has 0 bridgehead atoms. The molecule has 1 amide bonds. The number of carboxylic acid groups (broad SMARTS) is 1. The van der Waals surface area contributed by atoms with Crippen LogP contribution in [0.25, 0.3) is 10.6 Å². The standard InChI is InChI=1S/C20H17ClN2O3S/c1-12-17(27-19(22-12)14-7-9-15(21)10-8-14)18(24)23-16(20(25)26)11-13-5-3-2-4-6-13/h2-10,16H,11H2,1H3,(H,23,24)(H,25,26). The number of benzene rings is 2. The zero-order valence-electron chi connectivity index (χ0n) is 14.5. The van der Waals surface area contributed by atoms with Crippen LogP contribution in [0.1, 0.15) is 20.9 Å². The van der Waals surface area contributed by atoms with Crippen molar-refractivity contribution in [3.63, 3.8) is 0 Å². The van der Waals surface area contributed by atoms with E-state index >= 15 is 0 Å². The Balaban J connectivity index is 1.78. The molecule has 27 heavy (non-hydrogen) atoms. The summed E-state index contributed by atoms with van der Waals surface area (Å²) >= 11 is 7.13. The van der Waals surface area contributed by atoms with Crippen LogP contribution in [-0.4, -0.2) is 28.0 Å². The molecule has 0 aliphatic rings. The Morgan fingerprint density at radius 3 is 2.44 bits per heavy atom. The van der Waals surface area contributed by atoms with E-state index in [-0.39, 0.29) is 6.42 Å². The van der Waals surface area contributed by atoms with Crippen molar-refractivity contribution in [3.05, 3.63) is 75.8 Å². The van der Waals surface area contributed by atoms with Gasteiger partial charge in [0.15, 0.2) is 0 Å². The SMILES string of the molecule is Cc1nc(-c2ccc(Cl)cc2)sc1C(=O)NC(Cc1ccccc1)C(=O)O. The van der Waals surface area contributed by atoms with Gasteiger partial charge in [0.2, 0.25) is 0 Å². The maximum atomic E-state index is 12.6. The van der Waals surface area contributed by atoms with E-state index in [2.05, 4.69) is 10.3 Å². The van der Waals surface area contributed by atoms with Crippen LogP contribution in [-0.2, 0) is 11.2 Å². The number of halogens is 1. The summed E-state index contributed by atoms with van der Waals surface area (Å²) in [6, 6.07) is 15.4. The van der Waals surface area contributed by atoms with Gasteiger partial charge in [-0.1, -0.05) is 54.1 Å². The summed E-state index contributed by atoms with van der Waals surface area (Å²) in [5, 5.41) is 13.4. The van der Waals surface area contributed by atoms with E-state index in [0.717, 1.165) is 11.1 Å². The van der Waals surface area contributed by atoms with Gasteiger partial charge in [0.25, 0.3) is 5.91 Å². The number of carbonyl (C=O) groups excluding carboxylic acids is 1. The average molecular weight is 401 g/mol. The average Bonchev–Trinajstić information content (AvgIpc) is 3.04. The Bertz CT molecular complexity index is 955. The molecule has 138 valence electrons. The summed E-state index contributed by atoms with van der Waals surface area (Å²) in [7, 11) is 0. The fourth-order valence-corrected chi connectivity index (χ4v) is 3.70. The number of aliphatic carboxylic acids is 1. The van der Waals surface area contributed by atoms with E-state index in [1.165, 1.54) is 11.3 Å². The highest BCUT2D eigenvalue weighted by atomic mass is 35.5. The first kappa shape index (κ1) is 19.1. The number of carbonyl (C=O) groups is 2. The maximum Gasteiger partial charge on any atom is 0.326 e. The molecule has 5 nitrogen and oxygen atoms in total. The highest BCUT2D eigenvalue weighted by Crippen LogP contribution is 2.28. The van der Waals surface area contributed by atoms with Crippen molar-refractivity contribution in [3.8, 4) is 10.6 Å². The van der Waals surface area contributed by atoms with Crippen molar-refractivity contribution in [1.29, 1.82) is 0 Å². The number of rotatable bonds is 6.